The summed E-state index contributed by atoms with van der Waals surface area (Å²) in [6.45, 7) is 0.460. The lowest BCUT2D eigenvalue weighted by molar-refractivity contribution is -0.138. The first-order valence-electron chi connectivity index (χ1n) is 6.52. The topological polar surface area (TPSA) is 35.5 Å². The third-order valence-electron chi connectivity index (χ3n) is 2.62. The number of carbonyl (C=O) groups excluding carboxylic acids is 1. The molecule has 0 unspecified atom stereocenters. The lowest BCUT2D eigenvalue weighted by Crippen LogP contribution is -2.10. The van der Waals surface area contributed by atoms with E-state index in [-0.39, 0.29) is 12.4 Å². The molecule has 0 aromatic heterocycles. The van der Waals surface area contributed by atoms with Crippen LogP contribution in [0.5, 0.6) is 5.75 Å². The van der Waals surface area contributed by atoms with Gasteiger partial charge in [-0.05, 0) is 35.9 Å². The minimum Gasteiger partial charge on any atom is -0.490 e. The number of halogens is 1. The molecule has 0 amide bonds. The fraction of sp³-hybridized carbons (Fsp3) is 0.118. The fourth-order valence-corrected chi connectivity index (χ4v) is 1.60. The van der Waals surface area contributed by atoms with Gasteiger partial charge in [-0.25, -0.2) is 9.18 Å². The zero-order valence-corrected chi connectivity index (χ0v) is 11.4. The predicted molar refractivity (Wildman–Crippen MR) is 78.3 cm³/mol. The van der Waals surface area contributed by atoms with Gasteiger partial charge in [-0.1, -0.05) is 30.3 Å². The van der Waals surface area contributed by atoms with Crippen molar-refractivity contribution >= 4 is 12.0 Å². The van der Waals surface area contributed by atoms with Crippen LogP contribution in [0.15, 0.2) is 60.7 Å². The van der Waals surface area contributed by atoms with E-state index in [9.17, 15) is 9.18 Å². The molecule has 0 saturated carbocycles. The second-order valence-electron chi connectivity index (χ2n) is 4.21. The summed E-state index contributed by atoms with van der Waals surface area (Å²) in [5.74, 6) is -0.0424. The van der Waals surface area contributed by atoms with E-state index < -0.39 is 5.97 Å². The van der Waals surface area contributed by atoms with Crippen LogP contribution in [0.1, 0.15) is 5.56 Å². The highest BCUT2D eigenvalue weighted by Crippen LogP contribution is 2.08. The van der Waals surface area contributed by atoms with E-state index in [0.717, 1.165) is 11.3 Å². The van der Waals surface area contributed by atoms with E-state index in [4.69, 9.17) is 9.47 Å². The average Bonchev–Trinajstić information content (AvgIpc) is 2.52. The molecule has 0 N–H and O–H groups in total. The summed E-state index contributed by atoms with van der Waals surface area (Å²) >= 11 is 0. The van der Waals surface area contributed by atoms with Crippen LogP contribution in [0.3, 0.4) is 0 Å². The van der Waals surface area contributed by atoms with Gasteiger partial charge in [-0.3, -0.25) is 0 Å². The lowest BCUT2D eigenvalue weighted by atomic mass is 10.2. The number of hydrogen-bond donors (Lipinski definition) is 0. The summed E-state index contributed by atoms with van der Waals surface area (Å²) in [5.41, 5.74) is 0.730. The minimum absolute atomic E-state index is 0.168. The SMILES string of the molecule is O=C(/C=C\c1ccc(F)cc1)OCCOc1ccccc1. The monoisotopic (exact) mass is 286 g/mol. The Morgan fingerprint density at radius 3 is 2.43 bits per heavy atom. The summed E-state index contributed by atoms with van der Waals surface area (Å²) in [6, 6.07) is 15.1. The molecule has 0 spiro atoms. The second kappa shape index (κ2) is 7.85. The maximum atomic E-state index is 12.7. The zero-order valence-electron chi connectivity index (χ0n) is 11.4. The van der Waals surface area contributed by atoms with Crippen LogP contribution in [0.25, 0.3) is 6.08 Å². The van der Waals surface area contributed by atoms with Gasteiger partial charge in [0.2, 0.25) is 0 Å². The first-order chi connectivity index (χ1) is 10.2. The number of rotatable bonds is 6. The van der Waals surface area contributed by atoms with Crippen molar-refractivity contribution in [2.24, 2.45) is 0 Å². The Morgan fingerprint density at radius 1 is 1.00 bits per heavy atom. The predicted octanol–water partition coefficient (Wildman–Crippen LogP) is 3.46. The molecule has 3 nitrogen and oxygen atoms in total. The number of benzene rings is 2. The van der Waals surface area contributed by atoms with Crippen LogP contribution in [-0.4, -0.2) is 19.2 Å². The third kappa shape index (κ3) is 5.48. The molecule has 4 heteroatoms. The van der Waals surface area contributed by atoms with E-state index in [1.807, 2.05) is 30.3 Å². The van der Waals surface area contributed by atoms with Crippen LogP contribution >= 0.6 is 0 Å². The molecule has 0 aliphatic heterocycles. The Kier molecular flexibility index (Phi) is 5.52. The van der Waals surface area contributed by atoms with Crippen LogP contribution in [-0.2, 0) is 9.53 Å². The molecule has 2 rings (SSSR count). The largest absolute Gasteiger partial charge is 0.490 e. The van der Waals surface area contributed by atoms with E-state index in [2.05, 4.69) is 0 Å². The average molecular weight is 286 g/mol. The first-order valence-corrected chi connectivity index (χ1v) is 6.52. The van der Waals surface area contributed by atoms with Crippen molar-refractivity contribution in [3.63, 3.8) is 0 Å². The van der Waals surface area contributed by atoms with Gasteiger partial charge in [0, 0.05) is 6.08 Å². The van der Waals surface area contributed by atoms with Gasteiger partial charge < -0.3 is 9.47 Å². The van der Waals surface area contributed by atoms with Gasteiger partial charge in [0.1, 0.15) is 24.8 Å². The normalized spacial score (nSPS) is 10.5. The zero-order chi connectivity index (χ0) is 14.9. The van der Waals surface area contributed by atoms with Crippen molar-refractivity contribution in [1.29, 1.82) is 0 Å². The molecule has 0 aliphatic rings. The molecule has 0 heterocycles. The molecule has 0 saturated heterocycles. The lowest BCUT2D eigenvalue weighted by Gasteiger charge is -2.05. The van der Waals surface area contributed by atoms with Crippen LogP contribution in [0.4, 0.5) is 4.39 Å². The standard InChI is InChI=1S/C17H15FO3/c18-15-9-6-14(7-10-15)8-11-17(19)21-13-12-20-16-4-2-1-3-5-16/h1-11H,12-13H2/b11-8-. The summed E-state index contributed by atoms with van der Waals surface area (Å²) in [4.78, 5) is 11.5. The Labute approximate surface area is 122 Å². The molecule has 108 valence electrons. The van der Waals surface area contributed by atoms with Gasteiger partial charge in [0.15, 0.2) is 0 Å². The molecular formula is C17H15FO3. The van der Waals surface area contributed by atoms with E-state index in [0.29, 0.717) is 6.61 Å². The third-order valence-corrected chi connectivity index (χ3v) is 2.62. The summed E-state index contributed by atoms with van der Waals surface area (Å²) in [7, 11) is 0. The molecule has 0 bridgehead atoms. The van der Waals surface area contributed by atoms with Gasteiger partial charge in [0.05, 0.1) is 0 Å². The van der Waals surface area contributed by atoms with E-state index >= 15 is 0 Å². The van der Waals surface area contributed by atoms with Crippen LogP contribution in [0.2, 0.25) is 0 Å². The molecule has 21 heavy (non-hydrogen) atoms. The Bertz CT molecular complexity index is 591. The maximum absolute atomic E-state index is 12.7. The highest BCUT2D eigenvalue weighted by molar-refractivity contribution is 5.87. The number of ether oxygens (including phenoxy) is 2. The van der Waals surface area contributed by atoms with Gasteiger partial charge in [-0.15, -0.1) is 0 Å². The Hall–Kier alpha value is -2.62. The number of hydrogen-bond acceptors (Lipinski definition) is 3. The highest BCUT2D eigenvalue weighted by atomic mass is 19.1. The Morgan fingerprint density at radius 2 is 1.71 bits per heavy atom. The minimum atomic E-state index is -0.462. The second-order valence-corrected chi connectivity index (χ2v) is 4.21. The van der Waals surface area contributed by atoms with Crippen molar-refractivity contribution < 1.29 is 18.7 Å². The van der Waals surface area contributed by atoms with E-state index in [1.54, 1.807) is 18.2 Å². The molecular weight excluding hydrogens is 271 g/mol. The van der Waals surface area contributed by atoms with Gasteiger partial charge in [0.25, 0.3) is 0 Å². The quantitative estimate of drug-likeness (QED) is 0.463. The highest BCUT2D eigenvalue weighted by Gasteiger charge is 1.98. The van der Waals surface area contributed by atoms with Crippen LogP contribution in [0, 0.1) is 5.82 Å². The van der Waals surface area contributed by atoms with Gasteiger partial charge in [-0.2, -0.15) is 0 Å². The molecule has 2 aromatic rings. The van der Waals surface area contributed by atoms with Crippen molar-refractivity contribution in [1.82, 2.24) is 0 Å². The summed E-state index contributed by atoms with van der Waals surface area (Å²) in [6.07, 6.45) is 2.87. The van der Waals surface area contributed by atoms with Gasteiger partial charge >= 0.3 is 5.97 Å². The molecule has 0 fully saturated rings. The van der Waals surface area contributed by atoms with Crippen molar-refractivity contribution in [2.45, 2.75) is 0 Å². The molecule has 0 aliphatic carbocycles. The van der Waals surface area contributed by atoms with Crippen LogP contribution < -0.4 is 4.74 Å². The maximum Gasteiger partial charge on any atom is 0.330 e. The smallest absolute Gasteiger partial charge is 0.330 e. The molecule has 2 aromatic carbocycles. The molecule has 0 atom stereocenters. The number of esters is 1. The summed E-state index contributed by atoms with van der Waals surface area (Å²) in [5, 5.41) is 0. The first kappa shape index (κ1) is 14.8. The summed E-state index contributed by atoms with van der Waals surface area (Å²) < 4.78 is 23.1. The van der Waals surface area contributed by atoms with Crippen molar-refractivity contribution in [2.75, 3.05) is 13.2 Å². The fourth-order valence-electron chi connectivity index (χ4n) is 1.60. The Balaban J connectivity index is 1.69. The number of para-hydroxylation sites is 1. The van der Waals surface area contributed by atoms with Crippen molar-refractivity contribution in [3.05, 3.63) is 72.1 Å². The molecule has 0 radical (unpaired) electrons. The van der Waals surface area contributed by atoms with E-state index in [1.165, 1.54) is 18.2 Å². The number of carbonyl (C=O) groups is 1. The van der Waals surface area contributed by atoms with Crippen molar-refractivity contribution in [3.8, 4) is 5.75 Å².